The van der Waals surface area contributed by atoms with Crippen LogP contribution in [0.4, 0.5) is 17.5 Å². The van der Waals surface area contributed by atoms with E-state index in [0.717, 1.165) is 36.1 Å². The van der Waals surface area contributed by atoms with Crippen LogP contribution in [0, 0.1) is 0 Å². The van der Waals surface area contributed by atoms with Crippen LogP contribution in [0.15, 0.2) is 54.7 Å². The number of para-hydroxylation sites is 1. The zero-order chi connectivity index (χ0) is 20.5. The van der Waals surface area contributed by atoms with Gasteiger partial charge in [0, 0.05) is 23.8 Å². The van der Waals surface area contributed by atoms with Gasteiger partial charge in [0.05, 0.1) is 23.9 Å². The van der Waals surface area contributed by atoms with Crippen LogP contribution in [0.2, 0.25) is 5.02 Å². The second-order valence-corrected chi connectivity index (χ2v) is 7.61. The molecule has 4 aromatic rings. The van der Waals surface area contributed by atoms with Crippen LogP contribution >= 0.6 is 11.6 Å². The number of nitrogens with zero attached hydrogens (tertiary/aromatic N) is 5. The van der Waals surface area contributed by atoms with E-state index in [4.69, 9.17) is 21.6 Å². The Morgan fingerprint density at radius 3 is 2.73 bits per heavy atom. The minimum atomic E-state index is 0.0126. The third-order valence-electron chi connectivity index (χ3n) is 5.24. The first-order chi connectivity index (χ1) is 14.7. The largest absolute Gasteiger partial charge is 0.395 e. The normalized spacial score (nSPS) is 13.5. The number of benzene rings is 2. The zero-order valence-electron chi connectivity index (χ0n) is 16.3. The summed E-state index contributed by atoms with van der Waals surface area (Å²) in [6, 6.07) is 15.9. The number of fused-ring (bicyclic) bond motifs is 2. The molecule has 0 radical (unpaired) electrons. The molecule has 0 bridgehead atoms. The van der Waals surface area contributed by atoms with Gasteiger partial charge in [-0.1, -0.05) is 29.8 Å². The number of hydrogen-bond acceptors (Lipinski definition) is 6. The van der Waals surface area contributed by atoms with E-state index in [0.29, 0.717) is 29.0 Å². The predicted molar refractivity (Wildman–Crippen MR) is 119 cm³/mol. The summed E-state index contributed by atoms with van der Waals surface area (Å²) >= 11 is 6.05. The van der Waals surface area contributed by atoms with Crippen molar-refractivity contribution in [3.63, 3.8) is 0 Å². The lowest BCUT2D eigenvalue weighted by Gasteiger charge is -2.29. The molecule has 0 unspecified atom stereocenters. The fourth-order valence-corrected chi connectivity index (χ4v) is 3.96. The Hall–Kier alpha value is -3.16. The molecule has 3 heterocycles. The number of aryl methyl sites for hydroxylation is 1. The van der Waals surface area contributed by atoms with Crippen LogP contribution in [0.5, 0.6) is 0 Å². The first-order valence-corrected chi connectivity index (χ1v) is 10.3. The van der Waals surface area contributed by atoms with E-state index in [-0.39, 0.29) is 6.61 Å². The maximum absolute atomic E-state index is 9.31. The van der Waals surface area contributed by atoms with Crippen molar-refractivity contribution in [2.45, 2.75) is 12.8 Å². The summed E-state index contributed by atoms with van der Waals surface area (Å²) in [6.07, 6.45) is 3.83. The van der Waals surface area contributed by atoms with Crippen LogP contribution in [0.3, 0.4) is 0 Å². The highest BCUT2D eigenvalue weighted by Gasteiger charge is 2.23. The van der Waals surface area contributed by atoms with E-state index in [2.05, 4.69) is 33.5 Å². The molecule has 7 nitrogen and oxygen atoms in total. The Kier molecular flexibility index (Phi) is 4.98. The minimum absolute atomic E-state index is 0.0126. The highest BCUT2D eigenvalue weighted by Crippen LogP contribution is 2.34. The van der Waals surface area contributed by atoms with Crippen LogP contribution in [-0.2, 0) is 6.42 Å². The first kappa shape index (κ1) is 18.8. The van der Waals surface area contributed by atoms with Gasteiger partial charge in [0.1, 0.15) is 5.82 Å². The van der Waals surface area contributed by atoms with Crippen molar-refractivity contribution in [2.75, 3.05) is 29.9 Å². The van der Waals surface area contributed by atoms with Crippen molar-refractivity contribution in [3.05, 3.63) is 65.3 Å². The Labute approximate surface area is 178 Å². The van der Waals surface area contributed by atoms with Gasteiger partial charge in [0.15, 0.2) is 5.65 Å². The molecule has 1 aliphatic heterocycles. The van der Waals surface area contributed by atoms with Crippen molar-refractivity contribution in [1.29, 1.82) is 0 Å². The van der Waals surface area contributed by atoms with Crippen molar-refractivity contribution >= 4 is 40.1 Å². The summed E-state index contributed by atoms with van der Waals surface area (Å²) in [7, 11) is 0. The van der Waals surface area contributed by atoms with Crippen LogP contribution in [0.25, 0.3) is 16.7 Å². The molecular weight excluding hydrogens is 400 g/mol. The molecule has 0 fully saturated rings. The zero-order valence-corrected chi connectivity index (χ0v) is 17.0. The summed E-state index contributed by atoms with van der Waals surface area (Å²) in [6.45, 7) is 1.25. The number of anilines is 3. The fourth-order valence-electron chi connectivity index (χ4n) is 3.84. The third kappa shape index (κ3) is 3.36. The lowest BCUT2D eigenvalue weighted by atomic mass is 10.0. The molecule has 1 aliphatic rings. The molecule has 0 saturated heterocycles. The first-order valence-electron chi connectivity index (χ1n) is 9.96. The Bertz CT molecular complexity index is 1190. The maximum atomic E-state index is 9.31. The number of nitrogens with one attached hydrogen (secondary N) is 1. The van der Waals surface area contributed by atoms with Crippen LogP contribution in [0.1, 0.15) is 12.0 Å². The average Bonchev–Trinajstić information content (AvgIpc) is 3.21. The van der Waals surface area contributed by atoms with Gasteiger partial charge in [-0.25, -0.2) is 4.68 Å². The van der Waals surface area contributed by atoms with E-state index in [1.807, 2.05) is 30.3 Å². The molecule has 152 valence electrons. The standard InChI is InChI=1S/C22H21ClN6O/c23-16-7-9-17(10-8-16)29-21-18(14-25-29)20(24-11-13-30)26-22(27-21)28-12-3-5-15-4-1-2-6-19(15)28/h1-2,4,6-10,14,30H,3,5,11-13H2,(H,24,26,27). The second-order valence-electron chi connectivity index (χ2n) is 7.18. The summed E-state index contributed by atoms with van der Waals surface area (Å²) in [5.41, 5.74) is 3.99. The lowest BCUT2D eigenvalue weighted by Crippen LogP contribution is -2.26. The van der Waals surface area contributed by atoms with Crippen LogP contribution < -0.4 is 10.2 Å². The molecule has 0 spiro atoms. The molecule has 8 heteroatoms. The Morgan fingerprint density at radius 2 is 1.90 bits per heavy atom. The van der Waals surface area contributed by atoms with E-state index in [1.165, 1.54) is 5.56 Å². The van der Waals surface area contributed by atoms with E-state index >= 15 is 0 Å². The number of halogens is 1. The van der Waals surface area contributed by atoms with Crippen molar-refractivity contribution in [3.8, 4) is 5.69 Å². The minimum Gasteiger partial charge on any atom is -0.395 e. The van der Waals surface area contributed by atoms with Gasteiger partial charge in [-0.3, -0.25) is 0 Å². The second kappa shape index (κ2) is 7.93. The number of hydrogen-bond donors (Lipinski definition) is 2. The fraction of sp³-hybridized carbons (Fsp3) is 0.227. The van der Waals surface area contributed by atoms with Gasteiger partial charge < -0.3 is 15.3 Å². The molecule has 0 atom stereocenters. The van der Waals surface area contributed by atoms with E-state index in [9.17, 15) is 5.11 Å². The van der Waals surface area contributed by atoms with Gasteiger partial charge >= 0.3 is 0 Å². The predicted octanol–water partition coefficient (Wildman–Crippen LogP) is 3.96. The quantitative estimate of drug-likeness (QED) is 0.508. The van der Waals surface area contributed by atoms with Gasteiger partial charge in [0.2, 0.25) is 5.95 Å². The van der Waals surface area contributed by atoms with E-state index < -0.39 is 0 Å². The maximum Gasteiger partial charge on any atom is 0.233 e. The smallest absolute Gasteiger partial charge is 0.233 e. The van der Waals surface area contributed by atoms with Crippen molar-refractivity contribution in [2.24, 2.45) is 0 Å². The number of aliphatic hydroxyl groups is 1. The Morgan fingerprint density at radius 1 is 1.07 bits per heavy atom. The monoisotopic (exact) mass is 420 g/mol. The van der Waals surface area contributed by atoms with Crippen molar-refractivity contribution < 1.29 is 5.11 Å². The summed E-state index contributed by atoms with van der Waals surface area (Å²) in [5, 5.41) is 18.5. The van der Waals surface area contributed by atoms with Gasteiger partial charge in [0.25, 0.3) is 0 Å². The van der Waals surface area contributed by atoms with Gasteiger partial charge in [-0.05, 0) is 48.7 Å². The molecule has 0 saturated carbocycles. The van der Waals surface area contributed by atoms with Crippen LogP contribution in [-0.4, -0.2) is 44.6 Å². The summed E-state index contributed by atoms with van der Waals surface area (Å²) < 4.78 is 1.79. The molecular formula is C22H21ClN6O. The van der Waals surface area contributed by atoms with Gasteiger partial charge in [-0.15, -0.1) is 0 Å². The number of aliphatic hydroxyl groups excluding tert-OH is 1. The molecule has 2 N–H and O–H groups in total. The van der Waals surface area contributed by atoms with Gasteiger partial charge in [-0.2, -0.15) is 15.1 Å². The average molecular weight is 421 g/mol. The number of aromatic nitrogens is 4. The molecule has 0 aliphatic carbocycles. The number of rotatable bonds is 5. The summed E-state index contributed by atoms with van der Waals surface area (Å²) in [4.78, 5) is 11.9. The summed E-state index contributed by atoms with van der Waals surface area (Å²) in [5.74, 6) is 1.28. The highest BCUT2D eigenvalue weighted by molar-refractivity contribution is 6.30. The van der Waals surface area contributed by atoms with Crippen molar-refractivity contribution in [1.82, 2.24) is 19.7 Å². The molecule has 30 heavy (non-hydrogen) atoms. The SMILES string of the molecule is OCCNc1nc(N2CCCc3ccccc32)nc2c1cnn2-c1ccc(Cl)cc1. The lowest BCUT2D eigenvalue weighted by molar-refractivity contribution is 0.311. The highest BCUT2D eigenvalue weighted by atomic mass is 35.5. The third-order valence-corrected chi connectivity index (χ3v) is 5.50. The molecule has 0 amide bonds. The topological polar surface area (TPSA) is 79.1 Å². The Balaban J connectivity index is 1.67. The molecule has 2 aromatic carbocycles. The van der Waals surface area contributed by atoms with E-state index in [1.54, 1.807) is 10.9 Å². The molecule has 5 rings (SSSR count). The molecule has 2 aromatic heterocycles.